The summed E-state index contributed by atoms with van der Waals surface area (Å²) in [5.41, 5.74) is 0. The molecule has 1 N–H and O–H groups in total. The van der Waals surface area contributed by atoms with Crippen LogP contribution in [0.3, 0.4) is 0 Å². The molecule has 0 bridgehead atoms. The summed E-state index contributed by atoms with van der Waals surface area (Å²) in [5, 5.41) is 8.81. The van der Waals surface area contributed by atoms with E-state index < -0.39 is 29.8 Å². The van der Waals surface area contributed by atoms with Crippen molar-refractivity contribution in [3.63, 3.8) is 0 Å². The molecule has 1 aliphatic rings. The van der Waals surface area contributed by atoms with Crippen LogP contribution in [0.1, 0.15) is 12.8 Å². The van der Waals surface area contributed by atoms with Crippen molar-refractivity contribution in [2.45, 2.75) is 25.1 Å². The van der Waals surface area contributed by atoms with Gasteiger partial charge in [-0.3, -0.25) is 4.79 Å². The first kappa shape index (κ1) is 14.1. The Balaban J connectivity index is 2.40. The van der Waals surface area contributed by atoms with Gasteiger partial charge in [-0.2, -0.15) is 13.2 Å². The number of carbonyl (C=O) groups excluding carboxylic acids is 1. The van der Waals surface area contributed by atoms with Gasteiger partial charge >= 0.3 is 12.1 Å². The van der Waals surface area contributed by atoms with E-state index >= 15 is 0 Å². The topological polar surface area (TPSA) is 57.6 Å². The van der Waals surface area contributed by atoms with E-state index in [1.54, 1.807) is 0 Å². The Morgan fingerprint density at radius 1 is 1.41 bits per heavy atom. The van der Waals surface area contributed by atoms with Crippen LogP contribution in [0.15, 0.2) is 0 Å². The van der Waals surface area contributed by atoms with Gasteiger partial charge in [-0.15, -0.1) is 11.8 Å². The van der Waals surface area contributed by atoms with Gasteiger partial charge < -0.3 is 10.0 Å². The number of amides is 1. The normalized spacial score (nSPS) is 20.6. The van der Waals surface area contributed by atoms with Crippen molar-refractivity contribution in [1.82, 2.24) is 4.90 Å². The number of nitrogens with zero attached hydrogens (tertiary/aromatic N) is 1. The average molecular weight is 271 g/mol. The zero-order valence-electron chi connectivity index (χ0n) is 8.87. The van der Waals surface area contributed by atoms with Crippen LogP contribution in [0.5, 0.6) is 0 Å². The van der Waals surface area contributed by atoms with E-state index in [0.29, 0.717) is 31.1 Å². The SMILES string of the molecule is O=C(O)[C@H]1CCCN1C(=O)CSCC(F)(F)F. The van der Waals surface area contributed by atoms with Gasteiger partial charge in [0, 0.05) is 6.54 Å². The quantitative estimate of drug-likeness (QED) is 0.838. The molecule has 98 valence electrons. The van der Waals surface area contributed by atoms with Crippen molar-refractivity contribution < 1.29 is 27.9 Å². The highest BCUT2D eigenvalue weighted by molar-refractivity contribution is 8.00. The molecule has 1 rings (SSSR count). The molecule has 1 atom stereocenters. The summed E-state index contributed by atoms with van der Waals surface area (Å²) in [6.07, 6.45) is -3.36. The van der Waals surface area contributed by atoms with Crippen LogP contribution in [-0.2, 0) is 9.59 Å². The van der Waals surface area contributed by atoms with E-state index in [1.165, 1.54) is 0 Å². The Bertz CT molecular complexity index is 308. The summed E-state index contributed by atoms with van der Waals surface area (Å²) in [4.78, 5) is 23.4. The maximum atomic E-state index is 11.8. The largest absolute Gasteiger partial charge is 0.480 e. The second-order valence-electron chi connectivity index (χ2n) is 3.69. The van der Waals surface area contributed by atoms with Crippen LogP contribution in [0, 0.1) is 0 Å². The molecular formula is C9H12F3NO3S. The van der Waals surface area contributed by atoms with Gasteiger partial charge in [-0.1, -0.05) is 0 Å². The molecule has 0 saturated carbocycles. The highest BCUT2D eigenvalue weighted by atomic mass is 32.2. The van der Waals surface area contributed by atoms with Gasteiger partial charge in [0.1, 0.15) is 6.04 Å². The lowest BCUT2D eigenvalue weighted by atomic mass is 10.2. The highest BCUT2D eigenvalue weighted by Gasteiger charge is 2.34. The minimum Gasteiger partial charge on any atom is -0.480 e. The van der Waals surface area contributed by atoms with Crippen molar-refractivity contribution in [1.29, 1.82) is 0 Å². The van der Waals surface area contributed by atoms with Crippen molar-refractivity contribution in [3.05, 3.63) is 0 Å². The molecular weight excluding hydrogens is 259 g/mol. The second-order valence-corrected chi connectivity index (χ2v) is 4.68. The van der Waals surface area contributed by atoms with Crippen LogP contribution < -0.4 is 0 Å². The number of carbonyl (C=O) groups is 2. The lowest BCUT2D eigenvalue weighted by molar-refractivity contribution is -0.147. The molecule has 1 aliphatic heterocycles. The lowest BCUT2D eigenvalue weighted by Crippen LogP contribution is -2.41. The predicted octanol–water partition coefficient (Wildman–Crippen LogP) is 1.36. The fraction of sp³-hybridized carbons (Fsp3) is 0.778. The monoisotopic (exact) mass is 271 g/mol. The number of carboxylic acids is 1. The molecule has 8 heteroatoms. The summed E-state index contributed by atoms with van der Waals surface area (Å²) >= 11 is 0.460. The highest BCUT2D eigenvalue weighted by Crippen LogP contribution is 2.23. The molecule has 1 amide bonds. The van der Waals surface area contributed by atoms with Gasteiger partial charge in [0.15, 0.2) is 0 Å². The number of hydrogen-bond donors (Lipinski definition) is 1. The molecule has 0 aromatic heterocycles. The lowest BCUT2D eigenvalue weighted by Gasteiger charge is -2.21. The molecule has 0 radical (unpaired) electrons. The first-order valence-corrected chi connectivity index (χ1v) is 6.13. The molecule has 1 saturated heterocycles. The zero-order valence-corrected chi connectivity index (χ0v) is 9.68. The Hall–Kier alpha value is -0.920. The van der Waals surface area contributed by atoms with Crippen molar-refractivity contribution in [2.75, 3.05) is 18.1 Å². The first-order chi connectivity index (χ1) is 7.81. The van der Waals surface area contributed by atoms with E-state index in [4.69, 9.17) is 5.11 Å². The maximum Gasteiger partial charge on any atom is 0.397 e. The minimum atomic E-state index is -4.30. The summed E-state index contributed by atoms with van der Waals surface area (Å²) in [6.45, 7) is 0.308. The standard InChI is InChI=1S/C9H12F3NO3S/c10-9(11,12)5-17-4-7(14)13-3-1-2-6(13)8(15)16/h6H,1-5H2,(H,15,16)/t6-/m1/s1. The van der Waals surface area contributed by atoms with Crippen LogP contribution >= 0.6 is 11.8 Å². The Kier molecular flexibility index (Phi) is 4.67. The first-order valence-electron chi connectivity index (χ1n) is 4.98. The van der Waals surface area contributed by atoms with Gasteiger partial charge in [0.05, 0.1) is 11.5 Å². The molecule has 0 aliphatic carbocycles. The van der Waals surface area contributed by atoms with Crippen LogP contribution in [0.2, 0.25) is 0 Å². The number of carboxylic acid groups (broad SMARTS) is 1. The van der Waals surface area contributed by atoms with Crippen LogP contribution in [0.4, 0.5) is 13.2 Å². The Labute approximate surface area is 100 Å². The smallest absolute Gasteiger partial charge is 0.397 e. The van der Waals surface area contributed by atoms with E-state index in [2.05, 4.69) is 0 Å². The second kappa shape index (κ2) is 5.61. The van der Waals surface area contributed by atoms with Crippen LogP contribution in [-0.4, -0.2) is 52.2 Å². The Morgan fingerprint density at radius 2 is 2.06 bits per heavy atom. The third kappa shape index (κ3) is 4.45. The number of alkyl halides is 3. The average Bonchev–Trinajstić information content (AvgIpc) is 2.63. The van der Waals surface area contributed by atoms with Gasteiger partial charge in [-0.25, -0.2) is 4.79 Å². The molecule has 17 heavy (non-hydrogen) atoms. The minimum absolute atomic E-state index is 0.308. The molecule has 0 aromatic carbocycles. The Morgan fingerprint density at radius 3 is 2.59 bits per heavy atom. The number of aliphatic carboxylic acids is 1. The number of likely N-dealkylation sites (tertiary alicyclic amines) is 1. The summed E-state index contributed by atoms with van der Waals surface area (Å²) in [5.74, 6) is -3.06. The third-order valence-electron chi connectivity index (χ3n) is 2.35. The zero-order chi connectivity index (χ0) is 13.1. The number of rotatable bonds is 4. The molecule has 4 nitrogen and oxygen atoms in total. The van der Waals surface area contributed by atoms with E-state index in [0.717, 1.165) is 4.90 Å². The molecule has 0 spiro atoms. The van der Waals surface area contributed by atoms with E-state index in [9.17, 15) is 22.8 Å². The van der Waals surface area contributed by atoms with E-state index in [-0.39, 0.29) is 5.75 Å². The number of thioether (sulfide) groups is 1. The van der Waals surface area contributed by atoms with E-state index in [1.807, 2.05) is 0 Å². The maximum absolute atomic E-state index is 11.8. The molecule has 0 aromatic rings. The van der Waals surface area contributed by atoms with Gasteiger partial charge in [0.25, 0.3) is 0 Å². The van der Waals surface area contributed by atoms with Gasteiger partial charge in [-0.05, 0) is 12.8 Å². The van der Waals surface area contributed by atoms with Crippen molar-refractivity contribution >= 4 is 23.6 Å². The predicted molar refractivity (Wildman–Crippen MR) is 55.8 cm³/mol. The molecule has 1 fully saturated rings. The van der Waals surface area contributed by atoms with Crippen LogP contribution in [0.25, 0.3) is 0 Å². The van der Waals surface area contributed by atoms with Crippen molar-refractivity contribution in [3.8, 4) is 0 Å². The van der Waals surface area contributed by atoms with Crippen molar-refractivity contribution in [2.24, 2.45) is 0 Å². The molecule has 1 heterocycles. The van der Waals surface area contributed by atoms with Gasteiger partial charge in [0.2, 0.25) is 5.91 Å². The molecule has 0 unspecified atom stereocenters. The number of hydrogen-bond acceptors (Lipinski definition) is 3. The fourth-order valence-corrected chi connectivity index (χ4v) is 2.33. The third-order valence-corrected chi connectivity index (χ3v) is 3.33. The summed E-state index contributed by atoms with van der Waals surface area (Å²) < 4.78 is 35.5. The fourth-order valence-electron chi connectivity index (χ4n) is 1.66. The summed E-state index contributed by atoms with van der Waals surface area (Å²) in [6, 6.07) is -0.881. The number of halogens is 3. The summed E-state index contributed by atoms with van der Waals surface area (Å²) in [7, 11) is 0.